The molecule has 0 heterocycles. The summed E-state index contributed by atoms with van der Waals surface area (Å²) in [6.45, 7) is 3.28. The number of nitrogens with zero attached hydrogens (tertiary/aromatic N) is 1. The molecular formula is C17H18N2O5S. The quantitative estimate of drug-likeness (QED) is 0.650. The van der Waals surface area contributed by atoms with E-state index in [9.17, 15) is 23.3 Å². The summed E-state index contributed by atoms with van der Waals surface area (Å²) in [7, 11) is -3.28. The highest BCUT2D eigenvalue weighted by Gasteiger charge is 2.19. The van der Waals surface area contributed by atoms with Crippen LogP contribution in [-0.4, -0.2) is 25.5 Å². The number of carbonyl (C=O) groups excluding carboxylic acids is 1. The molecule has 0 saturated heterocycles. The van der Waals surface area contributed by atoms with Gasteiger partial charge >= 0.3 is 0 Å². The number of nitro groups is 1. The van der Waals surface area contributed by atoms with Crippen molar-refractivity contribution in [3.63, 3.8) is 0 Å². The third-order valence-electron chi connectivity index (χ3n) is 3.90. The van der Waals surface area contributed by atoms with Crippen LogP contribution >= 0.6 is 0 Å². The highest BCUT2D eigenvalue weighted by molar-refractivity contribution is 7.90. The second-order valence-corrected chi connectivity index (χ2v) is 7.76. The van der Waals surface area contributed by atoms with Crippen LogP contribution in [0.3, 0.4) is 0 Å². The topological polar surface area (TPSA) is 106 Å². The molecule has 8 heteroatoms. The van der Waals surface area contributed by atoms with Gasteiger partial charge in [0.1, 0.15) is 0 Å². The van der Waals surface area contributed by atoms with Gasteiger partial charge < -0.3 is 5.32 Å². The van der Waals surface area contributed by atoms with Crippen LogP contribution in [0.5, 0.6) is 0 Å². The van der Waals surface area contributed by atoms with Crippen LogP contribution in [-0.2, 0) is 9.84 Å². The van der Waals surface area contributed by atoms with Crippen molar-refractivity contribution in [2.24, 2.45) is 0 Å². The lowest BCUT2D eigenvalue weighted by atomic mass is 10.0. The Labute approximate surface area is 145 Å². The van der Waals surface area contributed by atoms with E-state index in [0.717, 1.165) is 11.8 Å². The highest BCUT2D eigenvalue weighted by Crippen LogP contribution is 2.22. The summed E-state index contributed by atoms with van der Waals surface area (Å²) in [6, 6.07) is 10.2. The standard InChI is InChI=1S/C17H18N2O5S/c1-11-15(5-4-6-16(11)19(21)22)17(20)18-12(2)13-7-9-14(10-8-13)25(3,23)24/h4-10,12H,1-3H3,(H,18,20)/t12-/m1/s1. The summed E-state index contributed by atoms with van der Waals surface area (Å²) in [6.07, 6.45) is 1.12. The number of hydrogen-bond acceptors (Lipinski definition) is 5. The van der Waals surface area contributed by atoms with Crippen molar-refractivity contribution >= 4 is 21.4 Å². The molecular weight excluding hydrogens is 344 g/mol. The Balaban J connectivity index is 2.21. The van der Waals surface area contributed by atoms with Crippen LogP contribution in [0.15, 0.2) is 47.4 Å². The van der Waals surface area contributed by atoms with Gasteiger partial charge in [0.15, 0.2) is 9.84 Å². The van der Waals surface area contributed by atoms with Gasteiger partial charge in [-0.05, 0) is 37.6 Å². The zero-order chi connectivity index (χ0) is 18.8. The molecule has 2 aromatic rings. The van der Waals surface area contributed by atoms with Crippen molar-refractivity contribution in [2.45, 2.75) is 24.8 Å². The molecule has 1 atom stereocenters. The van der Waals surface area contributed by atoms with Gasteiger partial charge in [0.2, 0.25) is 0 Å². The highest BCUT2D eigenvalue weighted by atomic mass is 32.2. The van der Waals surface area contributed by atoms with Crippen LogP contribution in [0.2, 0.25) is 0 Å². The molecule has 0 aliphatic carbocycles. The van der Waals surface area contributed by atoms with Crippen LogP contribution < -0.4 is 5.32 Å². The summed E-state index contributed by atoms with van der Waals surface area (Å²) >= 11 is 0. The van der Waals surface area contributed by atoms with Crippen molar-refractivity contribution < 1.29 is 18.1 Å². The van der Waals surface area contributed by atoms with Crippen molar-refractivity contribution in [2.75, 3.05) is 6.26 Å². The van der Waals surface area contributed by atoms with Crippen molar-refractivity contribution in [3.05, 3.63) is 69.3 Å². The van der Waals surface area contributed by atoms with Gasteiger partial charge in [-0.3, -0.25) is 14.9 Å². The lowest BCUT2D eigenvalue weighted by Crippen LogP contribution is -2.27. The SMILES string of the molecule is Cc1c(C(=O)N[C@H](C)c2ccc(S(C)(=O)=O)cc2)cccc1[N+](=O)[O-]. The van der Waals surface area contributed by atoms with Crippen LogP contribution in [0.25, 0.3) is 0 Å². The molecule has 7 nitrogen and oxygen atoms in total. The number of amides is 1. The molecule has 0 saturated carbocycles. The third kappa shape index (κ3) is 4.21. The molecule has 0 unspecified atom stereocenters. The van der Waals surface area contributed by atoms with E-state index in [0.29, 0.717) is 5.56 Å². The number of benzene rings is 2. The minimum Gasteiger partial charge on any atom is -0.346 e. The fourth-order valence-electron chi connectivity index (χ4n) is 2.43. The number of hydrogen-bond donors (Lipinski definition) is 1. The smallest absolute Gasteiger partial charge is 0.273 e. The van der Waals surface area contributed by atoms with E-state index in [2.05, 4.69) is 5.32 Å². The molecule has 0 fully saturated rings. The first-order valence-electron chi connectivity index (χ1n) is 7.46. The minimum atomic E-state index is -3.28. The van der Waals surface area contributed by atoms with Gasteiger partial charge in [0, 0.05) is 23.4 Å². The molecule has 0 bridgehead atoms. The number of nitrogens with one attached hydrogen (secondary N) is 1. The monoisotopic (exact) mass is 362 g/mol. The molecule has 1 N–H and O–H groups in total. The van der Waals surface area contributed by atoms with Gasteiger partial charge in [0.25, 0.3) is 11.6 Å². The number of rotatable bonds is 5. The van der Waals surface area contributed by atoms with Crippen LogP contribution in [0, 0.1) is 17.0 Å². The molecule has 0 radical (unpaired) electrons. The largest absolute Gasteiger partial charge is 0.346 e. The van der Waals surface area contributed by atoms with Crippen LogP contribution in [0.1, 0.15) is 34.5 Å². The molecule has 0 aromatic heterocycles. The lowest BCUT2D eigenvalue weighted by molar-refractivity contribution is -0.385. The first-order chi connectivity index (χ1) is 11.6. The Morgan fingerprint density at radius 3 is 2.28 bits per heavy atom. The molecule has 0 spiro atoms. The van der Waals surface area contributed by atoms with E-state index in [4.69, 9.17) is 0 Å². The van der Waals surface area contributed by atoms with Gasteiger partial charge in [-0.25, -0.2) is 8.42 Å². The predicted octanol–water partition coefficient (Wildman–Crippen LogP) is 2.80. The molecule has 2 aromatic carbocycles. The van der Waals surface area contributed by atoms with E-state index < -0.39 is 20.7 Å². The Kier molecular flexibility index (Phi) is 5.22. The van der Waals surface area contributed by atoms with Gasteiger partial charge in [-0.2, -0.15) is 0 Å². The van der Waals surface area contributed by atoms with E-state index in [1.807, 2.05) is 0 Å². The lowest BCUT2D eigenvalue weighted by Gasteiger charge is -2.15. The van der Waals surface area contributed by atoms with E-state index in [-0.39, 0.29) is 22.2 Å². The zero-order valence-electron chi connectivity index (χ0n) is 14.0. The van der Waals surface area contributed by atoms with Crippen molar-refractivity contribution in [3.8, 4) is 0 Å². The molecule has 0 aliphatic rings. The van der Waals surface area contributed by atoms with Crippen molar-refractivity contribution in [1.29, 1.82) is 0 Å². The maximum Gasteiger partial charge on any atom is 0.273 e. The molecule has 0 aliphatic heterocycles. The molecule has 1 amide bonds. The number of nitro benzene ring substituents is 1. The first kappa shape index (κ1) is 18.6. The van der Waals surface area contributed by atoms with Crippen molar-refractivity contribution in [1.82, 2.24) is 5.32 Å². The maximum absolute atomic E-state index is 12.4. The van der Waals surface area contributed by atoms with Gasteiger partial charge in [-0.1, -0.05) is 18.2 Å². The summed E-state index contributed by atoms with van der Waals surface area (Å²) < 4.78 is 23.0. The Hall–Kier alpha value is -2.74. The average molecular weight is 362 g/mol. The van der Waals surface area contributed by atoms with Gasteiger partial charge in [0.05, 0.1) is 15.9 Å². The fourth-order valence-corrected chi connectivity index (χ4v) is 3.06. The predicted molar refractivity (Wildman–Crippen MR) is 93.3 cm³/mol. The summed E-state index contributed by atoms with van der Waals surface area (Å²) in [5, 5.41) is 13.7. The Morgan fingerprint density at radius 2 is 1.76 bits per heavy atom. The summed E-state index contributed by atoms with van der Waals surface area (Å²) in [4.78, 5) is 23.1. The summed E-state index contributed by atoms with van der Waals surface area (Å²) in [5.74, 6) is -0.430. The second-order valence-electron chi connectivity index (χ2n) is 5.74. The molecule has 2 rings (SSSR count). The Bertz CT molecular complexity index is 921. The first-order valence-corrected chi connectivity index (χ1v) is 9.35. The summed E-state index contributed by atoms with van der Waals surface area (Å²) in [5.41, 5.74) is 1.14. The number of sulfone groups is 1. The molecule has 25 heavy (non-hydrogen) atoms. The average Bonchev–Trinajstić information content (AvgIpc) is 2.53. The fraction of sp³-hybridized carbons (Fsp3) is 0.235. The van der Waals surface area contributed by atoms with Gasteiger partial charge in [-0.15, -0.1) is 0 Å². The van der Waals surface area contributed by atoms with E-state index in [1.165, 1.54) is 37.3 Å². The minimum absolute atomic E-state index is 0.113. The maximum atomic E-state index is 12.4. The Morgan fingerprint density at radius 1 is 1.16 bits per heavy atom. The van der Waals surface area contributed by atoms with E-state index >= 15 is 0 Å². The number of carbonyl (C=O) groups is 1. The molecule has 132 valence electrons. The van der Waals surface area contributed by atoms with Crippen LogP contribution in [0.4, 0.5) is 5.69 Å². The third-order valence-corrected chi connectivity index (χ3v) is 5.03. The zero-order valence-corrected chi connectivity index (χ0v) is 14.8. The second kappa shape index (κ2) is 7.02. The normalized spacial score (nSPS) is 12.4. The van der Waals surface area contributed by atoms with E-state index in [1.54, 1.807) is 19.1 Å².